The highest BCUT2D eigenvalue weighted by Crippen LogP contribution is 2.33. The molecule has 0 bridgehead atoms. The summed E-state index contributed by atoms with van der Waals surface area (Å²) in [6.07, 6.45) is 4.12. The normalized spacial score (nSPS) is 18.4. The number of aryl methyl sites for hydroxylation is 1. The van der Waals surface area contributed by atoms with Gasteiger partial charge in [-0.2, -0.15) is 0 Å². The van der Waals surface area contributed by atoms with Gasteiger partial charge < -0.3 is 14.4 Å². The van der Waals surface area contributed by atoms with E-state index in [9.17, 15) is 9.59 Å². The first-order chi connectivity index (χ1) is 15.5. The molecule has 2 aromatic heterocycles. The van der Waals surface area contributed by atoms with Gasteiger partial charge in [-0.05, 0) is 38.0 Å². The van der Waals surface area contributed by atoms with Crippen LogP contribution in [0.2, 0.25) is 0 Å². The molecule has 0 N–H and O–H groups in total. The Morgan fingerprint density at radius 2 is 2.06 bits per heavy atom. The van der Waals surface area contributed by atoms with E-state index in [1.54, 1.807) is 17.2 Å². The van der Waals surface area contributed by atoms with Crippen molar-refractivity contribution in [3.05, 3.63) is 44.7 Å². The fourth-order valence-corrected chi connectivity index (χ4v) is 4.97. The minimum Gasteiger partial charge on any atom is -0.382 e. The number of carbonyl (C=O) groups is 1. The van der Waals surface area contributed by atoms with E-state index in [2.05, 4.69) is 0 Å². The van der Waals surface area contributed by atoms with E-state index in [0.29, 0.717) is 78.7 Å². The van der Waals surface area contributed by atoms with Crippen molar-refractivity contribution in [2.45, 2.75) is 20.3 Å². The zero-order valence-corrected chi connectivity index (χ0v) is 19.8. The lowest BCUT2D eigenvalue weighted by Crippen LogP contribution is -2.38. The topological polar surface area (TPSA) is 76.4 Å². The number of aromatic nitrogens is 2. The predicted octanol–water partition coefficient (Wildman–Crippen LogP) is 2.47. The molecule has 0 radical (unpaired) electrons. The Morgan fingerprint density at radius 1 is 1.28 bits per heavy atom. The standard InChI is InChI=1S/C22H26N4O4S2/c1-3-29-10-4-7-25-21(28)17(32-22(25)31)13-16-19(24-8-11-30-12-9-24)23-18-6-5-15(2)14-26(18)20(16)27/h5-6,13-14H,3-4,7-12H2,1-2H3/b17-13-. The van der Waals surface area contributed by atoms with Gasteiger partial charge in [0, 0.05) is 39.0 Å². The second-order valence-corrected chi connectivity index (χ2v) is 9.25. The molecule has 8 nitrogen and oxygen atoms in total. The minimum absolute atomic E-state index is 0.182. The first kappa shape index (κ1) is 22.9. The van der Waals surface area contributed by atoms with Gasteiger partial charge in [-0.3, -0.25) is 18.9 Å². The van der Waals surface area contributed by atoms with Gasteiger partial charge in [0.25, 0.3) is 11.5 Å². The summed E-state index contributed by atoms with van der Waals surface area (Å²) in [6.45, 7) is 7.96. The van der Waals surface area contributed by atoms with Crippen LogP contribution in [0, 0.1) is 6.92 Å². The van der Waals surface area contributed by atoms with E-state index in [-0.39, 0.29) is 11.5 Å². The molecule has 0 saturated carbocycles. The lowest BCUT2D eigenvalue weighted by Gasteiger charge is -2.29. The van der Waals surface area contributed by atoms with Crippen LogP contribution in [0.5, 0.6) is 0 Å². The third-order valence-corrected chi connectivity index (χ3v) is 6.70. The Labute approximate surface area is 196 Å². The lowest BCUT2D eigenvalue weighted by molar-refractivity contribution is -0.122. The molecule has 0 spiro atoms. The van der Waals surface area contributed by atoms with E-state index >= 15 is 0 Å². The number of pyridine rings is 1. The maximum absolute atomic E-state index is 13.5. The summed E-state index contributed by atoms with van der Waals surface area (Å²) in [7, 11) is 0. The molecule has 170 valence electrons. The Hall–Kier alpha value is -2.27. The highest BCUT2D eigenvalue weighted by molar-refractivity contribution is 8.26. The Kier molecular flexibility index (Phi) is 7.24. The molecular weight excluding hydrogens is 448 g/mol. The molecule has 32 heavy (non-hydrogen) atoms. The number of nitrogens with zero attached hydrogens (tertiary/aromatic N) is 4. The average molecular weight is 475 g/mol. The Bertz CT molecular complexity index is 1120. The molecule has 10 heteroatoms. The van der Waals surface area contributed by atoms with E-state index in [1.165, 1.54) is 16.2 Å². The number of hydrogen-bond acceptors (Lipinski definition) is 8. The lowest BCUT2D eigenvalue weighted by atomic mass is 10.2. The maximum atomic E-state index is 13.5. The van der Waals surface area contributed by atoms with E-state index in [0.717, 1.165) is 5.56 Å². The summed E-state index contributed by atoms with van der Waals surface area (Å²) in [5.41, 5.74) is 1.71. The molecule has 2 saturated heterocycles. The fourth-order valence-electron chi connectivity index (χ4n) is 3.68. The van der Waals surface area contributed by atoms with Crippen molar-refractivity contribution in [2.24, 2.45) is 0 Å². The van der Waals surface area contributed by atoms with Crippen LogP contribution in [0.15, 0.2) is 28.0 Å². The van der Waals surface area contributed by atoms with Crippen LogP contribution in [-0.2, 0) is 14.3 Å². The number of morpholine rings is 1. The molecule has 4 rings (SSSR count). The van der Waals surface area contributed by atoms with Gasteiger partial charge in [-0.15, -0.1) is 0 Å². The molecule has 1 amide bonds. The number of amides is 1. The van der Waals surface area contributed by atoms with Crippen LogP contribution in [0.25, 0.3) is 11.7 Å². The first-order valence-electron chi connectivity index (χ1n) is 10.7. The number of carbonyl (C=O) groups excluding carboxylic acids is 1. The number of thioether (sulfide) groups is 1. The Morgan fingerprint density at radius 3 is 2.81 bits per heavy atom. The molecular formula is C22H26N4O4S2. The van der Waals surface area contributed by atoms with Crippen LogP contribution < -0.4 is 10.5 Å². The molecule has 0 unspecified atom stereocenters. The summed E-state index contributed by atoms with van der Waals surface area (Å²) in [6, 6.07) is 3.76. The van der Waals surface area contributed by atoms with E-state index < -0.39 is 0 Å². The number of rotatable bonds is 7. The number of hydrogen-bond donors (Lipinski definition) is 0. The minimum atomic E-state index is -0.207. The number of ether oxygens (including phenoxy) is 2. The summed E-state index contributed by atoms with van der Waals surface area (Å²) < 4.78 is 12.9. The summed E-state index contributed by atoms with van der Waals surface area (Å²) >= 11 is 6.66. The third-order valence-electron chi connectivity index (χ3n) is 5.32. The monoisotopic (exact) mass is 474 g/mol. The number of anilines is 1. The molecule has 2 aliphatic heterocycles. The maximum Gasteiger partial charge on any atom is 0.267 e. The van der Waals surface area contributed by atoms with Gasteiger partial charge in [0.05, 0.1) is 23.7 Å². The van der Waals surface area contributed by atoms with Crippen molar-refractivity contribution >= 4 is 51.7 Å². The first-order valence-corrected chi connectivity index (χ1v) is 11.9. The second kappa shape index (κ2) is 10.1. The zero-order valence-electron chi connectivity index (χ0n) is 18.2. The SMILES string of the molecule is CCOCCCN1C(=O)/C(=C/c2c(N3CCOCC3)nc3ccc(C)cn3c2=O)SC1=S. The van der Waals surface area contributed by atoms with E-state index in [1.807, 2.05) is 30.9 Å². The largest absolute Gasteiger partial charge is 0.382 e. The summed E-state index contributed by atoms with van der Waals surface area (Å²) in [4.78, 5) is 35.4. The van der Waals surface area contributed by atoms with Gasteiger partial charge in [0.15, 0.2) is 0 Å². The molecule has 2 aliphatic rings. The second-order valence-electron chi connectivity index (χ2n) is 7.57. The van der Waals surface area contributed by atoms with Gasteiger partial charge in [0.1, 0.15) is 15.8 Å². The number of fused-ring (bicyclic) bond motifs is 1. The van der Waals surface area contributed by atoms with Gasteiger partial charge in [-0.25, -0.2) is 4.98 Å². The van der Waals surface area contributed by atoms with Crippen molar-refractivity contribution in [1.29, 1.82) is 0 Å². The predicted molar refractivity (Wildman–Crippen MR) is 130 cm³/mol. The van der Waals surface area contributed by atoms with Crippen LogP contribution in [0.1, 0.15) is 24.5 Å². The van der Waals surface area contributed by atoms with Crippen LogP contribution in [0.4, 0.5) is 5.82 Å². The zero-order chi connectivity index (χ0) is 22.7. The van der Waals surface area contributed by atoms with Gasteiger partial charge in [-0.1, -0.05) is 30.0 Å². The van der Waals surface area contributed by atoms with Crippen LogP contribution >= 0.6 is 24.0 Å². The third kappa shape index (κ3) is 4.73. The van der Waals surface area contributed by atoms with Crippen molar-refractivity contribution in [3.8, 4) is 0 Å². The molecule has 2 fully saturated rings. The van der Waals surface area contributed by atoms with Crippen LogP contribution in [0.3, 0.4) is 0 Å². The van der Waals surface area contributed by atoms with Crippen LogP contribution in [-0.4, -0.2) is 70.6 Å². The highest BCUT2D eigenvalue weighted by atomic mass is 32.2. The quantitative estimate of drug-likeness (QED) is 0.344. The van der Waals surface area contributed by atoms with Gasteiger partial charge >= 0.3 is 0 Å². The number of thiocarbonyl (C=S) groups is 1. The molecule has 0 atom stereocenters. The van der Waals surface area contributed by atoms with Crippen molar-refractivity contribution < 1.29 is 14.3 Å². The molecule has 0 aliphatic carbocycles. The fraction of sp³-hybridized carbons (Fsp3) is 0.455. The van der Waals surface area contributed by atoms with Crippen molar-refractivity contribution in [2.75, 3.05) is 51.0 Å². The van der Waals surface area contributed by atoms with Crippen molar-refractivity contribution in [3.63, 3.8) is 0 Å². The molecule has 2 aromatic rings. The average Bonchev–Trinajstić information content (AvgIpc) is 3.06. The van der Waals surface area contributed by atoms with E-state index in [4.69, 9.17) is 26.7 Å². The smallest absolute Gasteiger partial charge is 0.267 e. The molecule has 4 heterocycles. The Balaban J connectivity index is 1.73. The molecule has 0 aromatic carbocycles. The summed E-state index contributed by atoms with van der Waals surface area (Å²) in [5, 5.41) is 0. The summed E-state index contributed by atoms with van der Waals surface area (Å²) in [5.74, 6) is 0.391. The highest BCUT2D eigenvalue weighted by Gasteiger charge is 2.32. The van der Waals surface area contributed by atoms with Gasteiger partial charge in [0.2, 0.25) is 0 Å². The van der Waals surface area contributed by atoms with Crippen molar-refractivity contribution in [1.82, 2.24) is 14.3 Å².